The van der Waals surface area contributed by atoms with Gasteiger partial charge < -0.3 is 5.32 Å². The van der Waals surface area contributed by atoms with Crippen LogP contribution in [0.15, 0.2) is 0 Å². The zero-order chi connectivity index (χ0) is 7.98. The lowest BCUT2D eigenvalue weighted by Crippen LogP contribution is -2.22. The molecule has 0 saturated carbocycles. The molecule has 0 aromatic heterocycles. The molecule has 0 spiro atoms. The van der Waals surface area contributed by atoms with Crippen LogP contribution in [-0.2, 0) is 4.79 Å². The van der Waals surface area contributed by atoms with Crippen molar-refractivity contribution in [3.63, 3.8) is 0 Å². The van der Waals surface area contributed by atoms with Crippen LogP contribution < -0.4 is 5.32 Å². The number of carbonyl (C=O) groups is 1. The van der Waals surface area contributed by atoms with Crippen LogP contribution in [0.3, 0.4) is 0 Å². The number of carbonyl (C=O) groups excluding carboxylic acids is 1. The average Bonchev–Trinajstić information content (AvgIpc) is 1.79. The molecule has 1 amide bonds. The molecule has 2 nitrogen and oxygen atoms in total. The quantitative estimate of drug-likeness (QED) is 0.665. The molecule has 3 heteroatoms. The fraction of sp³-hybridized carbons (Fsp3) is 0.875. The fourth-order valence-corrected chi connectivity index (χ4v) is 1.21. The number of thioether (sulfide) groups is 1. The van der Waals surface area contributed by atoms with Crippen molar-refractivity contribution in [2.75, 3.05) is 12.3 Å². The summed E-state index contributed by atoms with van der Waals surface area (Å²) in [7, 11) is 0. The van der Waals surface area contributed by atoms with Crippen LogP contribution in [0.1, 0.15) is 28.2 Å². The van der Waals surface area contributed by atoms with Crippen molar-refractivity contribution in [2.24, 2.45) is 0 Å². The van der Waals surface area contributed by atoms with Crippen LogP contribution in [-0.4, -0.2) is 23.5 Å². The van der Waals surface area contributed by atoms with Crippen LogP contribution in [0.2, 0.25) is 0 Å². The summed E-state index contributed by atoms with van der Waals surface area (Å²) < 4.78 is 0. The first kappa shape index (κ1) is 13.4. The van der Waals surface area contributed by atoms with Gasteiger partial charge in [-0.3, -0.25) is 4.79 Å². The summed E-state index contributed by atoms with van der Waals surface area (Å²) in [5.41, 5.74) is 0. The van der Waals surface area contributed by atoms with Crippen molar-refractivity contribution in [1.82, 2.24) is 5.32 Å². The third-order valence-electron chi connectivity index (χ3n) is 0.927. The Labute approximate surface area is 74.1 Å². The van der Waals surface area contributed by atoms with Gasteiger partial charge in [0.2, 0.25) is 5.91 Å². The van der Waals surface area contributed by atoms with Crippen LogP contribution in [0, 0.1) is 0 Å². The molecule has 0 aliphatic heterocycles. The van der Waals surface area contributed by atoms with E-state index in [1.54, 1.807) is 6.92 Å². The second kappa shape index (κ2) is 7.92. The number of hydrogen-bond acceptors (Lipinski definition) is 2. The molecule has 11 heavy (non-hydrogen) atoms. The van der Waals surface area contributed by atoms with Crippen molar-refractivity contribution in [2.45, 2.75) is 33.4 Å². The summed E-state index contributed by atoms with van der Waals surface area (Å²) in [6, 6.07) is 0. The van der Waals surface area contributed by atoms with E-state index < -0.39 is 0 Å². The molecule has 0 heterocycles. The molecule has 0 saturated heterocycles. The van der Waals surface area contributed by atoms with Gasteiger partial charge in [0.15, 0.2) is 0 Å². The molecule has 0 aliphatic carbocycles. The molecule has 0 bridgehead atoms. The predicted molar refractivity (Wildman–Crippen MR) is 53.0 cm³/mol. The van der Waals surface area contributed by atoms with E-state index in [9.17, 15) is 4.79 Å². The minimum absolute atomic E-state index is 0. The standard InChI is InChI=1S/C7H15NOS.CH4/c1-6(2)10-5-4-8-7(3)9;/h6H,4-5H2,1-3H3,(H,8,9);1H4. The maximum atomic E-state index is 10.4. The Hall–Kier alpha value is -0.180. The van der Waals surface area contributed by atoms with Crippen LogP contribution in [0.25, 0.3) is 0 Å². The van der Waals surface area contributed by atoms with E-state index in [0.29, 0.717) is 5.25 Å². The molecule has 0 fully saturated rings. The Morgan fingerprint density at radius 3 is 2.45 bits per heavy atom. The van der Waals surface area contributed by atoms with Crippen molar-refractivity contribution in [3.8, 4) is 0 Å². The second-order valence-corrected chi connectivity index (χ2v) is 4.09. The van der Waals surface area contributed by atoms with Gasteiger partial charge in [-0.15, -0.1) is 0 Å². The molecule has 0 atom stereocenters. The summed E-state index contributed by atoms with van der Waals surface area (Å²) in [6.07, 6.45) is 0. The van der Waals surface area contributed by atoms with E-state index in [0.717, 1.165) is 12.3 Å². The summed E-state index contributed by atoms with van der Waals surface area (Å²) in [4.78, 5) is 10.4. The van der Waals surface area contributed by atoms with E-state index in [4.69, 9.17) is 0 Å². The van der Waals surface area contributed by atoms with Gasteiger partial charge in [-0.1, -0.05) is 21.3 Å². The van der Waals surface area contributed by atoms with Crippen molar-refractivity contribution < 1.29 is 4.79 Å². The van der Waals surface area contributed by atoms with E-state index in [2.05, 4.69) is 19.2 Å². The zero-order valence-electron chi connectivity index (χ0n) is 6.81. The van der Waals surface area contributed by atoms with Crippen molar-refractivity contribution >= 4 is 17.7 Å². The van der Waals surface area contributed by atoms with E-state index >= 15 is 0 Å². The molecule has 68 valence electrons. The largest absolute Gasteiger partial charge is 0.356 e. The van der Waals surface area contributed by atoms with E-state index in [-0.39, 0.29) is 13.3 Å². The summed E-state index contributed by atoms with van der Waals surface area (Å²) >= 11 is 1.86. The van der Waals surface area contributed by atoms with Crippen LogP contribution in [0.4, 0.5) is 0 Å². The monoisotopic (exact) mass is 177 g/mol. The molecule has 0 aromatic carbocycles. The van der Waals surface area contributed by atoms with Gasteiger partial charge in [-0.05, 0) is 5.25 Å². The lowest BCUT2D eigenvalue weighted by Gasteiger charge is -2.03. The molecule has 0 rings (SSSR count). The summed E-state index contributed by atoms with van der Waals surface area (Å²) in [5, 5.41) is 3.40. The summed E-state index contributed by atoms with van der Waals surface area (Å²) in [5.74, 6) is 1.07. The molecular formula is C8H19NOS. The van der Waals surface area contributed by atoms with Crippen molar-refractivity contribution in [3.05, 3.63) is 0 Å². The van der Waals surface area contributed by atoms with Gasteiger partial charge in [-0.2, -0.15) is 11.8 Å². The smallest absolute Gasteiger partial charge is 0.216 e. The second-order valence-electron chi connectivity index (χ2n) is 2.40. The van der Waals surface area contributed by atoms with Gasteiger partial charge in [0.1, 0.15) is 0 Å². The maximum Gasteiger partial charge on any atom is 0.216 e. The maximum absolute atomic E-state index is 10.4. The molecule has 0 unspecified atom stereocenters. The molecular weight excluding hydrogens is 158 g/mol. The zero-order valence-corrected chi connectivity index (χ0v) is 7.62. The highest BCUT2D eigenvalue weighted by Crippen LogP contribution is 2.06. The Morgan fingerprint density at radius 1 is 1.55 bits per heavy atom. The Morgan fingerprint density at radius 2 is 2.09 bits per heavy atom. The van der Waals surface area contributed by atoms with Gasteiger partial charge in [0.05, 0.1) is 0 Å². The molecule has 0 radical (unpaired) electrons. The lowest BCUT2D eigenvalue weighted by molar-refractivity contribution is -0.118. The SMILES string of the molecule is C.CC(=O)NCCSC(C)C. The number of nitrogens with one attached hydrogen (secondary N) is 1. The number of rotatable bonds is 4. The fourth-order valence-electron chi connectivity index (χ4n) is 0.522. The highest BCUT2D eigenvalue weighted by molar-refractivity contribution is 7.99. The van der Waals surface area contributed by atoms with Gasteiger partial charge in [0, 0.05) is 19.2 Å². The normalized spacial score (nSPS) is 9.09. The van der Waals surface area contributed by atoms with Gasteiger partial charge in [0.25, 0.3) is 0 Å². The van der Waals surface area contributed by atoms with E-state index in [1.807, 2.05) is 11.8 Å². The lowest BCUT2D eigenvalue weighted by atomic mass is 10.6. The highest BCUT2D eigenvalue weighted by Gasteiger charge is 1.93. The first-order valence-electron chi connectivity index (χ1n) is 3.49. The third kappa shape index (κ3) is 12.9. The number of amides is 1. The summed E-state index contributed by atoms with van der Waals surface area (Å²) in [6.45, 7) is 6.63. The average molecular weight is 177 g/mol. The minimum Gasteiger partial charge on any atom is -0.356 e. The van der Waals surface area contributed by atoms with Gasteiger partial charge in [-0.25, -0.2) is 0 Å². The topological polar surface area (TPSA) is 29.1 Å². The molecule has 0 aliphatic rings. The highest BCUT2D eigenvalue weighted by atomic mass is 32.2. The van der Waals surface area contributed by atoms with Crippen LogP contribution >= 0.6 is 11.8 Å². The minimum atomic E-state index is 0. The van der Waals surface area contributed by atoms with E-state index in [1.165, 1.54) is 0 Å². The third-order valence-corrected chi connectivity index (χ3v) is 2.03. The molecule has 1 N–H and O–H groups in total. The number of hydrogen-bond donors (Lipinski definition) is 1. The first-order chi connectivity index (χ1) is 4.63. The Kier molecular flexibility index (Phi) is 9.66. The Bertz CT molecular complexity index is 104. The van der Waals surface area contributed by atoms with Gasteiger partial charge >= 0.3 is 0 Å². The van der Waals surface area contributed by atoms with Crippen LogP contribution in [0.5, 0.6) is 0 Å². The first-order valence-corrected chi connectivity index (χ1v) is 4.54. The molecule has 0 aromatic rings. The van der Waals surface area contributed by atoms with Crippen molar-refractivity contribution in [1.29, 1.82) is 0 Å². The predicted octanol–water partition coefficient (Wildman–Crippen LogP) is 1.90. The Balaban J connectivity index is 0.